The fourth-order valence-corrected chi connectivity index (χ4v) is 1.55. The molecule has 4 N–H and O–H groups in total. The Hall–Kier alpha value is -1.36. The van der Waals surface area contributed by atoms with Crippen LogP contribution in [-0.4, -0.2) is 28.6 Å². The van der Waals surface area contributed by atoms with Gasteiger partial charge in [-0.05, 0) is 33.2 Å². The van der Waals surface area contributed by atoms with Gasteiger partial charge in [-0.15, -0.1) is 0 Å². The molecule has 1 heterocycles. The third-order valence-electron chi connectivity index (χ3n) is 2.46. The fourth-order valence-electron chi connectivity index (χ4n) is 1.55. The molecule has 0 fully saturated rings. The normalized spacial score (nSPS) is 11.3. The minimum Gasteiger partial charge on any atom is -0.370 e. The zero-order chi connectivity index (χ0) is 12.7. The molecule has 0 unspecified atom stereocenters. The van der Waals surface area contributed by atoms with Crippen LogP contribution in [-0.2, 0) is 0 Å². The predicted molar refractivity (Wildman–Crippen MR) is 72.2 cm³/mol. The molecule has 0 atom stereocenters. The second-order valence-electron chi connectivity index (χ2n) is 4.76. The highest BCUT2D eigenvalue weighted by Gasteiger charge is 2.16. The van der Waals surface area contributed by atoms with E-state index >= 15 is 0 Å². The van der Waals surface area contributed by atoms with Crippen molar-refractivity contribution < 1.29 is 0 Å². The summed E-state index contributed by atoms with van der Waals surface area (Å²) in [7, 11) is 0. The summed E-state index contributed by atoms with van der Waals surface area (Å²) in [6.45, 7) is 7.93. The molecule has 17 heavy (non-hydrogen) atoms. The highest BCUT2D eigenvalue weighted by molar-refractivity contribution is 5.47. The molecule has 0 saturated carbocycles. The topological polar surface area (TPSA) is 75.9 Å². The smallest absolute Gasteiger partial charge is 0.131 e. The van der Waals surface area contributed by atoms with E-state index in [-0.39, 0.29) is 5.54 Å². The van der Waals surface area contributed by atoms with Crippen molar-refractivity contribution in [3.05, 3.63) is 12.4 Å². The molecule has 5 nitrogen and oxygen atoms in total. The first kappa shape index (κ1) is 13.7. The molecule has 0 aliphatic heterocycles. The average Bonchev–Trinajstić information content (AvgIpc) is 2.26. The van der Waals surface area contributed by atoms with E-state index in [0.717, 1.165) is 31.0 Å². The summed E-state index contributed by atoms with van der Waals surface area (Å²) in [5.41, 5.74) is 5.53. The molecule has 0 spiro atoms. The van der Waals surface area contributed by atoms with Crippen LogP contribution in [0.15, 0.2) is 12.4 Å². The molecule has 1 aromatic heterocycles. The molecule has 0 aromatic carbocycles. The first-order valence-electron chi connectivity index (χ1n) is 6.11. The van der Waals surface area contributed by atoms with E-state index in [0.29, 0.717) is 6.54 Å². The molecule has 0 amide bonds. The Balaban J connectivity index is 2.64. The maximum Gasteiger partial charge on any atom is 0.131 e. The Morgan fingerprint density at radius 1 is 1.29 bits per heavy atom. The summed E-state index contributed by atoms with van der Waals surface area (Å²) in [5.74, 6) is 1.69. The fraction of sp³-hybridized carbons (Fsp3) is 0.667. The molecule has 0 saturated heterocycles. The molecule has 96 valence electrons. The van der Waals surface area contributed by atoms with Gasteiger partial charge in [-0.3, -0.25) is 0 Å². The Labute approximate surface area is 103 Å². The van der Waals surface area contributed by atoms with E-state index in [1.54, 1.807) is 6.33 Å². The standard InChI is InChI=1S/C12H23N5/c1-4-7-14-10-8-11(16-9-15-10)17-12(2,3)5-6-13/h8-9H,4-7,13H2,1-3H3,(H2,14,15,16,17). The quantitative estimate of drug-likeness (QED) is 0.674. The SMILES string of the molecule is CCCNc1cc(NC(C)(C)CCN)ncn1. The minimum absolute atomic E-state index is 0.0505. The van der Waals surface area contributed by atoms with E-state index in [9.17, 15) is 0 Å². The maximum absolute atomic E-state index is 5.58. The molecular formula is C12H23N5. The van der Waals surface area contributed by atoms with Crippen LogP contribution in [0.2, 0.25) is 0 Å². The molecule has 0 radical (unpaired) electrons. The van der Waals surface area contributed by atoms with Gasteiger partial charge in [0.1, 0.15) is 18.0 Å². The number of hydrogen-bond donors (Lipinski definition) is 3. The molecule has 5 heteroatoms. The number of nitrogens with zero attached hydrogens (tertiary/aromatic N) is 2. The summed E-state index contributed by atoms with van der Waals surface area (Å²) in [5, 5.41) is 6.60. The molecule has 1 rings (SSSR count). The van der Waals surface area contributed by atoms with Gasteiger partial charge in [-0.25, -0.2) is 9.97 Å². The zero-order valence-electron chi connectivity index (χ0n) is 11.0. The largest absolute Gasteiger partial charge is 0.370 e. The first-order chi connectivity index (χ1) is 8.07. The van der Waals surface area contributed by atoms with Gasteiger partial charge in [0, 0.05) is 18.2 Å². The van der Waals surface area contributed by atoms with E-state index < -0.39 is 0 Å². The van der Waals surface area contributed by atoms with Crippen molar-refractivity contribution in [2.75, 3.05) is 23.7 Å². The van der Waals surface area contributed by atoms with Crippen LogP contribution < -0.4 is 16.4 Å². The van der Waals surface area contributed by atoms with Gasteiger partial charge >= 0.3 is 0 Å². The van der Waals surface area contributed by atoms with Crippen molar-refractivity contribution in [3.8, 4) is 0 Å². The summed E-state index contributed by atoms with van der Waals surface area (Å²) in [6.07, 6.45) is 3.54. The summed E-state index contributed by atoms with van der Waals surface area (Å²) in [4.78, 5) is 8.38. The van der Waals surface area contributed by atoms with Crippen molar-refractivity contribution >= 4 is 11.6 Å². The molecule has 0 aliphatic rings. The number of hydrogen-bond acceptors (Lipinski definition) is 5. The van der Waals surface area contributed by atoms with Crippen molar-refractivity contribution in [3.63, 3.8) is 0 Å². The summed E-state index contributed by atoms with van der Waals surface area (Å²) >= 11 is 0. The molecular weight excluding hydrogens is 214 g/mol. The number of rotatable bonds is 7. The van der Waals surface area contributed by atoms with Crippen molar-refractivity contribution in [2.24, 2.45) is 5.73 Å². The maximum atomic E-state index is 5.58. The van der Waals surface area contributed by atoms with Gasteiger partial charge in [-0.1, -0.05) is 6.92 Å². The van der Waals surface area contributed by atoms with Crippen LogP contribution >= 0.6 is 0 Å². The van der Waals surface area contributed by atoms with Crippen LogP contribution in [0.4, 0.5) is 11.6 Å². The Morgan fingerprint density at radius 3 is 2.65 bits per heavy atom. The monoisotopic (exact) mass is 237 g/mol. The van der Waals surface area contributed by atoms with Crippen molar-refractivity contribution in [2.45, 2.75) is 39.2 Å². The lowest BCUT2D eigenvalue weighted by Gasteiger charge is -2.26. The van der Waals surface area contributed by atoms with Crippen molar-refractivity contribution in [1.29, 1.82) is 0 Å². The summed E-state index contributed by atoms with van der Waals surface area (Å²) < 4.78 is 0. The van der Waals surface area contributed by atoms with Gasteiger partial charge in [-0.2, -0.15) is 0 Å². The van der Waals surface area contributed by atoms with Crippen LogP contribution in [0, 0.1) is 0 Å². The van der Waals surface area contributed by atoms with Crippen LogP contribution in [0.3, 0.4) is 0 Å². The molecule has 0 bridgehead atoms. The van der Waals surface area contributed by atoms with Gasteiger partial charge in [0.2, 0.25) is 0 Å². The Bertz CT molecular complexity index is 337. The minimum atomic E-state index is -0.0505. The Kier molecular flexibility index (Phi) is 5.15. The van der Waals surface area contributed by atoms with Gasteiger partial charge in [0.15, 0.2) is 0 Å². The number of nitrogens with one attached hydrogen (secondary N) is 2. The summed E-state index contributed by atoms with van der Waals surface area (Å²) in [6, 6.07) is 1.92. The van der Waals surface area contributed by atoms with E-state index in [2.05, 4.69) is 41.4 Å². The van der Waals surface area contributed by atoms with Crippen LogP contribution in [0.5, 0.6) is 0 Å². The van der Waals surface area contributed by atoms with Gasteiger partial charge in [0.25, 0.3) is 0 Å². The first-order valence-corrected chi connectivity index (χ1v) is 6.11. The van der Waals surface area contributed by atoms with Crippen LogP contribution in [0.1, 0.15) is 33.6 Å². The highest BCUT2D eigenvalue weighted by atomic mass is 15.1. The van der Waals surface area contributed by atoms with E-state index in [4.69, 9.17) is 5.73 Å². The zero-order valence-corrected chi connectivity index (χ0v) is 11.0. The highest BCUT2D eigenvalue weighted by Crippen LogP contribution is 2.17. The lowest BCUT2D eigenvalue weighted by molar-refractivity contribution is 0.524. The van der Waals surface area contributed by atoms with Gasteiger partial charge in [0.05, 0.1) is 0 Å². The van der Waals surface area contributed by atoms with E-state index in [1.807, 2.05) is 6.07 Å². The Morgan fingerprint density at radius 2 is 2.00 bits per heavy atom. The third kappa shape index (κ3) is 4.99. The number of anilines is 2. The lowest BCUT2D eigenvalue weighted by atomic mass is 10.0. The molecule has 0 aliphatic carbocycles. The number of aromatic nitrogens is 2. The van der Waals surface area contributed by atoms with E-state index in [1.165, 1.54) is 0 Å². The average molecular weight is 237 g/mol. The number of nitrogens with two attached hydrogens (primary N) is 1. The van der Waals surface area contributed by atoms with Crippen LogP contribution in [0.25, 0.3) is 0 Å². The predicted octanol–water partition coefficient (Wildman–Crippen LogP) is 1.84. The lowest BCUT2D eigenvalue weighted by Crippen LogP contribution is -2.33. The van der Waals surface area contributed by atoms with Gasteiger partial charge < -0.3 is 16.4 Å². The molecule has 1 aromatic rings. The van der Waals surface area contributed by atoms with Crippen molar-refractivity contribution in [1.82, 2.24) is 9.97 Å². The second kappa shape index (κ2) is 6.39. The second-order valence-corrected chi connectivity index (χ2v) is 4.76. The third-order valence-corrected chi connectivity index (χ3v) is 2.46.